The summed E-state index contributed by atoms with van der Waals surface area (Å²) in [6.45, 7) is 0. The summed E-state index contributed by atoms with van der Waals surface area (Å²) in [5.41, 5.74) is 3.90. The van der Waals surface area contributed by atoms with Gasteiger partial charge in [0, 0.05) is 10.7 Å². The Hall–Kier alpha value is -0.450. The van der Waals surface area contributed by atoms with Gasteiger partial charge in [-0.05, 0) is 46.8 Å². The Balaban J connectivity index is 2.22. The van der Waals surface area contributed by atoms with Crippen LogP contribution in [0.1, 0.15) is 31.0 Å². The summed E-state index contributed by atoms with van der Waals surface area (Å²) >= 11 is 3.50. The van der Waals surface area contributed by atoms with Crippen molar-refractivity contribution < 1.29 is 0 Å². The summed E-state index contributed by atoms with van der Waals surface area (Å²) in [6.07, 6.45) is 5.62. The molecule has 14 heavy (non-hydrogen) atoms. The van der Waals surface area contributed by atoms with Gasteiger partial charge in [-0.15, -0.1) is 0 Å². The zero-order valence-electron chi connectivity index (χ0n) is 7.91. The highest BCUT2D eigenvalue weighted by Crippen LogP contribution is 2.38. The lowest BCUT2D eigenvalue weighted by atomic mass is 9.78. The molecule has 1 saturated carbocycles. The average Bonchev–Trinajstić information content (AvgIpc) is 2.12. The SMILES string of the molecule is NNC(c1ncccc1Br)C1CCC1. The molecule has 4 heteroatoms. The molecule has 0 aromatic carbocycles. The fourth-order valence-corrected chi connectivity index (χ4v) is 2.34. The third-order valence-corrected chi connectivity index (χ3v) is 3.55. The second-order valence-corrected chi connectivity index (χ2v) is 4.56. The topological polar surface area (TPSA) is 50.9 Å². The van der Waals surface area contributed by atoms with Crippen molar-refractivity contribution in [2.45, 2.75) is 25.3 Å². The normalized spacial score (nSPS) is 19.0. The van der Waals surface area contributed by atoms with Crippen LogP contribution < -0.4 is 11.3 Å². The molecule has 0 bridgehead atoms. The van der Waals surface area contributed by atoms with Gasteiger partial charge in [-0.3, -0.25) is 16.3 Å². The van der Waals surface area contributed by atoms with Gasteiger partial charge in [-0.1, -0.05) is 6.42 Å². The maximum Gasteiger partial charge on any atom is 0.0731 e. The van der Waals surface area contributed by atoms with Crippen LogP contribution in [0.4, 0.5) is 0 Å². The molecular weight excluding hydrogens is 242 g/mol. The summed E-state index contributed by atoms with van der Waals surface area (Å²) in [6, 6.07) is 4.12. The van der Waals surface area contributed by atoms with Crippen molar-refractivity contribution in [3.8, 4) is 0 Å². The third kappa shape index (κ3) is 1.82. The second-order valence-electron chi connectivity index (χ2n) is 3.71. The van der Waals surface area contributed by atoms with Crippen molar-refractivity contribution in [2.75, 3.05) is 0 Å². The minimum atomic E-state index is 0.194. The highest BCUT2D eigenvalue weighted by molar-refractivity contribution is 9.10. The second kappa shape index (κ2) is 4.38. The molecule has 1 aliphatic rings. The number of nitrogens with zero attached hydrogens (tertiary/aromatic N) is 1. The predicted molar refractivity (Wildman–Crippen MR) is 59.3 cm³/mol. The zero-order valence-corrected chi connectivity index (χ0v) is 9.50. The number of aromatic nitrogens is 1. The fraction of sp³-hybridized carbons (Fsp3) is 0.500. The molecule has 76 valence electrons. The van der Waals surface area contributed by atoms with Crippen molar-refractivity contribution in [3.05, 3.63) is 28.5 Å². The van der Waals surface area contributed by atoms with Gasteiger partial charge in [0.05, 0.1) is 11.7 Å². The van der Waals surface area contributed by atoms with Crippen molar-refractivity contribution in [2.24, 2.45) is 11.8 Å². The number of rotatable bonds is 3. The van der Waals surface area contributed by atoms with Gasteiger partial charge in [0.2, 0.25) is 0 Å². The number of nitrogens with two attached hydrogens (primary N) is 1. The molecule has 3 nitrogen and oxygen atoms in total. The molecule has 2 rings (SSSR count). The summed E-state index contributed by atoms with van der Waals surface area (Å²) in [5.74, 6) is 6.22. The first-order valence-electron chi connectivity index (χ1n) is 4.89. The molecule has 1 unspecified atom stereocenters. The van der Waals surface area contributed by atoms with E-state index in [4.69, 9.17) is 5.84 Å². The lowest BCUT2D eigenvalue weighted by molar-refractivity contribution is 0.228. The van der Waals surface area contributed by atoms with E-state index in [-0.39, 0.29) is 6.04 Å². The molecule has 0 radical (unpaired) electrons. The minimum absolute atomic E-state index is 0.194. The van der Waals surface area contributed by atoms with Crippen LogP contribution in [-0.4, -0.2) is 4.98 Å². The summed E-state index contributed by atoms with van der Waals surface area (Å²) < 4.78 is 1.04. The maximum atomic E-state index is 5.57. The van der Waals surface area contributed by atoms with Crippen LogP contribution >= 0.6 is 15.9 Å². The smallest absolute Gasteiger partial charge is 0.0731 e. The van der Waals surface area contributed by atoms with Crippen molar-refractivity contribution in [1.82, 2.24) is 10.4 Å². The van der Waals surface area contributed by atoms with Crippen molar-refractivity contribution >= 4 is 15.9 Å². The zero-order chi connectivity index (χ0) is 9.97. The van der Waals surface area contributed by atoms with Gasteiger partial charge in [0.15, 0.2) is 0 Å². The molecule has 1 aliphatic carbocycles. The van der Waals surface area contributed by atoms with E-state index in [2.05, 4.69) is 26.3 Å². The van der Waals surface area contributed by atoms with E-state index in [1.54, 1.807) is 0 Å². The van der Waals surface area contributed by atoms with E-state index in [0.717, 1.165) is 10.2 Å². The van der Waals surface area contributed by atoms with Gasteiger partial charge >= 0.3 is 0 Å². The number of hydrogen-bond donors (Lipinski definition) is 2. The highest BCUT2D eigenvalue weighted by Gasteiger charge is 2.29. The molecule has 1 heterocycles. The number of hydrazine groups is 1. The average molecular weight is 256 g/mol. The Labute approximate surface area is 92.2 Å². The van der Waals surface area contributed by atoms with E-state index in [1.165, 1.54) is 19.3 Å². The van der Waals surface area contributed by atoms with Crippen LogP contribution in [0, 0.1) is 5.92 Å². The van der Waals surface area contributed by atoms with Gasteiger partial charge < -0.3 is 0 Å². The molecule has 0 spiro atoms. The van der Waals surface area contributed by atoms with E-state index < -0.39 is 0 Å². The Morgan fingerprint density at radius 1 is 1.57 bits per heavy atom. The van der Waals surface area contributed by atoms with Crippen LogP contribution in [0.5, 0.6) is 0 Å². The first-order chi connectivity index (χ1) is 6.83. The van der Waals surface area contributed by atoms with Crippen molar-refractivity contribution in [1.29, 1.82) is 0 Å². The molecule has 1 atom stereocenters. The molecule has 1 aromatic heterocycles. The minimum Gasteiger partial charge on any atom is -0.271 e. The van der Waals surface area contributed by atoms with E-state index in [0.29, 0.717) is 5.92 Å². The number of nitrogens with one attached hydrogen (secondary N) is 1. The Kier molecular flexibility index (Phi) is 3.15. The lowest BCUT2D eigenvalue weighted by Gasteiger charge is -2.33. The van der Waals surface area contributed by atoms with Crippen LogP contribution in [0.2, 0.25) is 0 Å². The van der Waals surface area contributed by atoms with Gasteiger partial charge in [0.25, 0.3) is 0 Å². The third-order valence-electron chi connectivity index (χ3n) is 2.88. The summed E-state index contributed by atoms with van der Waals surface area (Å²) in [5, 5.41) is 0. The largest absolute Gasteiger partial charge is 0.271 e. The first-order valence-corrected chi connectivity index (χ1v) is 5.68. The van der Waals surface area contributed by atoms with E-state index in [1.807, 2.05) is 18.3 Å². The van der Waals surface area contributed by atoms with Gasteiger partial charge in [0.1, 0.15) is 0 Å². The standard InChI is InChI=1S/C10H14BrN3/c11-8-5-2-6-13-10(8)9(14-12)7-3-1-4-7/h2,5-7,9,14H,1,3-4,12H2. The number of halogens is 1. The van der Waals surface area contributed by atoms with Crippen LogP contribution in [0.25, 0.3) is 0 Å². The molecule has 0 amide bonds. The molecule has 1 aromatic rings. The molecule has 0 aliphatic heterocycles. The van der Waals surface area contributed by atoms with E-state index in [9.17, 15) is 0 Å². The Morgan fingerprint density at radius 2 is 2.36 bits per heavy atom. The summed E-state index contributed by atoms with van der Waals surface area (Å²) in [7, 11) is 0. The fourth-order valence-electron chi connectivity index (χ4n) is 1.84. The monoisotopic (exact) mass is 255 g/mol. The number of pyridine rings is 1. The highest BCUT2D eigenvalue weighted by atomic mass is 79.9. The van der Waals surface area contributed by atoms with Crippen molar-refractivity contribution in [3.63, 3.8) is 0 Å². The molecular formula is C10H14BrN3. The summed E-state index contributed by atoms with van der Waals surface area (Å²) in [4.78, 5) is 4.36. The maximum absolute atomic E-state index is 5.57. The van der Waals surface area contributed by atoms with Crippen LogP contribution in [-0.2, 0) is 0 Å². The van der Waals surface area contributed by atoms with E-state index >= 15 is 0 Å². The molecule has 3 N–H and O–H groups in total. The molecule has 0 saturated heterocycles. The first kappa shape index (κ1) is 10.1. The Morgan fingerprint density at radius 3 is 2.86 bits per heavy atom. The van der Waals surface area contributed by atoms with Crippen LogP contribution in [0.3, 0.4) is 0 Å². The van der Waals surface area contributed by atoms with Gasteiger partial charge in [-0.25, -0.2) is 0 Å². The van der Waals surface area contributed by atoms with Crippen LogP contribution in [0.15, 0.2) is 22.8 Å². The Bertz CT molecular complexity index is 312. The number of hydrogen-bond acceptors (Lipinski definition) is 3. The lowest BCUT2D eigenvalue weighted by Crippen LogP contribution is -2.37. The predicted octanol–water partition coefficient (Wildman–Crippen LogP) is 2.15. The van der Waals surface area contributed by atoms with Gasteiger partial charge in [-0.2, -0.15) is 0 Å². The quantitative estimate of drug-likeness (QED) is 0.643. The molecule has 1 fully saturated rings.